The van der Waals surface area contributed by atoms with Gasteiger partial charge in [-0.2, -0.15) is 0 Å². The number of hydrogen-bond donors (Lipinski definition) is 0. The highest BCUT2D eigenvalue weighted by molar-refractivity contribution is 7.04. The summed E-state index contributed by atoms with van der Waals surface area (Å²) in [7, 11) is 0. The summed E-state index contributed by atoms with van der Waals surface area (Å²) in [4.78, 5) is 11.6. The summed E-state index contributed by atoms with van der Waals surface area (Å²) in [6, 6.07) is 0. The van der Waals surface area contributed by atoms with Crippen molar-refractivity contribution in [3.05, 3.63) is 21.3 Å². The number of halogens is 2. The Bertz CT molecular complexity index is 388. The number of aryl methyl sites for hydroxylation is 2. The zero-order valence-electron chi connectivity index (χ0n) is 10.3. The minimum absolute atomic E-state index is 0.00776. The lowest BCUT2D eigenvalue weighted by atomic mass is 10.1. The van der Waals surface area contributed by atoms with E-state index in [1.54, 1.807) is 3.96 Å². The molecule has 2 atom stereocenters. The van der Waals surface area contributed by atoms with Crippen LogP contribution in [0.15, 0.2) is 10.2 Å². The van der Waals surface area contributed by atoms with Crippen LogP contribution in [0.3, 0.4) is 0 Å². The molecular formula is C12H19Cl2NOS. The van der Waals surface area contributed by atoms with E-state index < -0.39 is 0 Å². The van der Waals surface area contributed by atoms with Crippen LogP contribution in [0.25, 0.3) is 0 Å². The molecule has 0 spiro atoms. The van der Waals surface area contributed by atoms with Gasteiger partial charge in [-0.15, -0.1) is 23.2 Å². The average molecular weight is 296 g/mol. The Labute approximate surface area is 117 Å². The van der Waals surface area contributed by atoms with Gasteiger partial charge < -0.3 is 0 Å². The second kappa shape index (κ2) is 7.45. The molecule has 0 amide bonds. The highest BCUT2D eigenvalue weighted by atomic mass is 35.5. The molecule has 2 nitrogen and oxygen atoms in total. The Morgan fingerprint density at radius 1 is 1.35 bits per heavy atom. The van der Waals surface area contributed by atoms with Gasteiger partial charge in [-0.25, -0.2) is 0 Å². The fraction of sp³-hybridized carbons (Fsp3) is 0.750. The van der Waals surface area contributed by atoms with Gasteiger partial charge in [0.2, 0.25) is 0 Å². The van der Waals surface area contributed by atoms with Crippen molar-refractivity contribution in [2.45, 2.75) is 56.8 Å². The topological polar surface area (TPSA) is 22.0 Å². The zero-order valence-corrected chi connectivity index (χ0v) is 12.6. The third-order valence-corrected chi connectivity index (χ3v) is 4.95. The van der Waals surface area contributed by atoms with Gasteiger partial charge in [0.1, 0.15) is 0 Å². The second-order valence-electron chi connectivity index (χ2n) is 4.28. The first kappa shape index (κ1) is 15.1. The molecule has 0 aliphatic carbocycles. The normalized spacial score (nSPS) is 14.8. The van der Waals surface area contributed by atoms with E-state index in [9.17, 15) is 4.79 Å². The fourth-order valence-electron chi connectivity index (χ4n) is 1.66. The van der Waals surface area contributed by atoms with Crippen LogP contribution in [0, 0.1) is 6.92 Å². The third kappa shape index (κ3) is 4.65. The molecule has 5 heteroatoms. The maximum atomic E-state index is 11.6. The Morgan fingerprint density at radius 3 is 2.53 bits per heavy atom. The fourth-order valence-corrected chi connectivity index (χ4v) is 3.14. The summed E-state index contributed by atoms with van der Waals surface area (Å²) in [5.74, 6) is 0. The van der Waals surface area contributed by atoms with Gasteiger partial charge in [0.25, 0.3) is 5.56 Å². The number of alkyl halides is 2. The van der Waals surface area contributed by atoms with Crippen LogP contribution in [-0.2, 0) is 6.54 Å². The largest absolute Gasteiger partial charge is 0.268 e. The lowest BCUT2D eigenvalue weighted by molar-refractivity contribution is 0.579. The Morgan fingerprint density at radius 2 is 2.00 bits per heavy atom. The lowest BCUT2D eigenvalue weighted by Gasteiger charge is -2.14. The molecule has 0 aliphatic rings. The van der Waals surface area contributed by atoms with Crippen molar-refractivity contribution in [2.75, 3.05) is 0 Å². The molecule has 2 unspecified atom stereocenters. The minimum Gasteiger partial charge on any atom is -0.268 e. The lowest BCUT2D eigenvalue weighted by Crippen LogP contribution is -2.18. The summed E-state index contributed by atoms with van der Waals surface area (Å²) in [5, 5.41) is 1.94. The van der Waals surface area contributed by atoms with Crippen molar-refractivity contribution in [1.82, 2.24) is 3.96 Å². The maximum Gasteiger partial charge on any atom is 0.263 e. The Hall–Kier alpha value is 0.01000. The standard InChI is InChI=1S/C12H19Cl2NOS/c1-3-5-10(13)11(14)6-4-7-15-12(16)9(2)8-17-15/h8,10-11H,3-7H2,1-2H3. The van der Waals surface area contributed by atoms with Crippen molar-refractivity contribution in [3.63, 3.8) is 0 Å². The van der Waals surface area contributed by atoms with Crippen molar-refractivity contribution < 1.29 is 0 Å². The zero-order chi connectivity index (χ0) is 12.8. The molecule has 0 saturated heterocycles. The summed E-state index contributed by atoms with van der Waals surface area (Å²) in [6.45, 7) is 4.69. The number of rotatable bonds is 7. The highest BCUT2D eigenvalue weighted by Gasteiger charge is 2.15. The molecule has 0 N–H and O–H groups in total. The SMILES string of the molecule is CCCC(Cl)C(Cl)CCCn1scc(C)c1=O. The molecule has 0 bridgehead atoms. The van der Waals surface area contributed by atoms with Crippen molar-refractivity contribution in [2.24, 2.45) is 0 Å². The highest BCUT2D eigenvalue weighted by Crippen LogP contribution is 2.20. The molecule has 1 heterocycles. The predicted octanol–water partition coefficient (Wildman–Crippen LogP) is 4.01. The molecular weight excluding hydrogens is 277 g/mol. The van der Waals surface area contributed by atoms with E-state index >= 15 is 0 Å². The second-order valence-corrected chi connectivity index (χ2v) is 6.28. The monoisotopic (exact) mass is 295 g/mol. The van der Waals surface area contributed by atoms with E-state index in [0.29, 0.717) is 0 Å². The van der Waals surface area contributed by atoms with Crippen LogP contribution in [0.5, 0.6) is 0 Å². The summed E-state index contributed by atoms with van der Waals surface area (Å²) >= 11 is 13.8. The summed E-state index contributed by atoms with van der Waals surface area (Å²) in [5.41, 5.74) is 0.940. The quantitative estimate of drug-likeness (QED) is 0.697. The average Bonchev–Trinajstić information content (AvgIpc) is 2.61. The van der Waals surface area contributed by atoms with Crippen LogP contribution in [-0.4, -0.2) is 14.7 Å². The molecule has 1 aromatic heterocycles. The first-order valence-corrected chi connectivity index (χ1v) is 7.70. The van der Waals surface area contributed by atoms with Crippen molar-refractivity contribution >= 4 is 34.7 Å². The number of hydrogen-bond acceptors (Lipinski definition) is 2. The predicted molar refractivity (Wildman–Crippen MR) is 76.7 cm³/mol. The smallest absolute Gasteiger partial charge is 0.263 e. The first-order valence-electron chi connectivity index (χ1n) is 5.99. The molecule has 1 aromatic rings. The Balaban J connectivity index is 2.33. The van der Waals surface area contributed by atoms with Gasteiger partial charge in [0.05, 0.1) is 0 Å². The van der Waals surface area contributed by atoms with E-state index in [-0.39, 0.29) is 16.3 Å². The van der Waals surface area contributed by atoms with Gasteiger partial charge >= 0.3 is 0 Å². The van der Waals surface area contributed by atoms with Crippen LogP contribution in [0.2, 0.25) is 0 Å². The van der Waals surface area contributed by atoms with Crippen LogP contribution < -0.4 is 5.56 Å². The molecule has 17 heavy (non-hydrogen) atoms. The van der Waals surface area contributed by atoms with E-state index in [0.717, 1.165) is 37.8 Å². The van der Waals surface area contributed by atoms with Crippen molar-refractivity contribution in [1.29, 1.82) is 0 Å². The molecule has 0 aromatic carbocycles. The van der Waals surface area contributed by atoms with Crippen LogP contribution in [0.1, 0.15) is 38.2 Å². The number of aromatic nitrogens is 1. The Kier molecular flexibility index (Phi) is 6.60. The van der Waals surface area contributed by atoms with E-state index in [1.165, 1.54) is 11.5 Å². The molecule has 0 fully saturated rings. The van der Waals surface area contributed by atoms with E-state index in [2.05, 4.69) is 6.92 Å². The molecule has 0 radical (unpaired) electrons. The van der Waals surface area contributed by atoms with Gasteiger partial charge in [-0.05, 0) is 26.2 Å². The summed E-state index contributed by atoms with van der Waals surface area (Å²) in [6.07, 6.45) is 3.77. The number of nitrogens with zero attached hydrogens (tertiary/aromatic N) is 1. The molecule has 98 valence electrons. The van der Waals surface area contributed by atoms with Gasteiger partial charge in [-0.3, -0.25) is 8.75 Å². The van der Waals surface area contributed by atoms with Gasteiger partial charge in [0, 0.05) is 28.2 Å². The van der Waals surface area contributed by atoms with E-state index in [1.807, 2.05) is 12.3 Å². The van der Waals surface area contributed by atoms with Crippen molar-refractivity contribution in [3.8, 4) is 0 Å². The molecule has 0 aliphatic heterocycles. The minimum atomic E-state index is 0.00776. The van der Waals surface area contributed by atoms with Crippen LogP contribution in [0.4, 0.5) is 0 Å². The first-order chi connectivity index (χ1) is 8.06. The third-order valence-electron chi connectivity index (χ3n) is 2.72. The van der Waals surface area contributed by atoms with Gasteiger partial charge in [-0.1, -0.05) is 24.9 Å². The molecule has 1 rings (SSSR count). The van der Waals surface area contributed by atoms with Crippen LogP contribution >= 0.6 is 34.7 Å². The summed E-state index contributed by atoms with van der Waals surface area (Å²) < 4.78 is 1.78. The molecule has 0 saturated carbocycles. The van der Waals surface area contributed by atoms with E-state index in [4.69, 9.17) is 23.2 Å². The van der Waals surface area contributed by atoms with Gasteiger partial charge in [0.15, 0.2) is 0 Å². The maximum absolute atomic E-state index is 11.6.